The molecule has 1 fully saturated rings. The highest BCUT2D eigenvalue weighted by atomic mass is 16.5. The molecule has 2 amide bonds. The molecular formula is C14H19N3O4. The van der Waals surface area contributed by atoms with Gasteiger partial charge in [0.15, 0.2) is 0 Å². The minimum atomic E-state index is -1.02. The number of benzene rings is 1. The van der Waals surface area contributed by atoms with Crippen molar-refractivity contribution < 1.29 is 19.4 Å². The Labute approximate surface area is 122 Å². The summed E-state index contributed by atoms with van der Waals surface area (Å²) >= 11 is 0. The van der Waals surface area contributed by atoms with E-state index in [1.807, 2.05) is 0 Å². The second-order valence-corrected chi connectivity index (χ2v) is 4.72. The molecule has 1 saturated heterocycles. The molecule has 1 aromatic rings. The van der Waals surface area contributed by atoms with E-state index in [1.165, 1.54) is 12.1 Å². The van der Waals surface area contributed by atoms with Crippen molar-refractivity contribution in [3.63, 3.8) is 0 Å². The monoisotopic (exact) mass is 293 g/mol. The number of nitrogens with zero attached hydrogens (tertiary/aromatic N) is 1. The number of hydrogen-bond donors (Lipinski definition) is 3. The number of nitrogens with one attached hydrogen (secondary N) is 2. The van der Waals surface area contributed by atoms with Crippen molar-refractivity contribution in [3.8, 4) is 0 Å². The largest absolute Gasteiger partial charge is 0.478 e. The van der Waals surface area contributed by atoms with Crippen molar-refractivity contribution in [3.05, 3.63) is 29.8 Å². The first-order chi connectivity index (χ1) is 10.1. The van der Waals surface area contributed by atoms with Gasteiger partial charge in [0.1, 0.15) is 0 Å². The number of carboxylic acids is 1. The Balaban J connectivity index is 1.73. The molecule has 0 bridgehead atoms. The third-order valence-corrected chi connectivity index (χ3v) is 3.18. The first-order valence-corrected chi connectivity index (χ1v) is 6.83. The number of rotatable bonds is 5. The van der Waals surface area contributed by atoms with Crippen molar-refractivity contribution >= 4 is 17.7 Å². The van der Waals surface area contributed by atoms with Crippen LogP contribution in [0.25, 0.3) is 0 Å². The SMILES string of the molecule is O=C(NCCN1CCOCC1)Nc1cccc(C(=O)O)c1. The molecule has 0 saturated carbocycles. The van der Waals surface area contributed by atoms with Crippen LogP contribution in [-0.4, -0.2) is 61.4 Å². The molecule has 0 spiro atoms. The van der Waals surface area contributed by atoms with Crippen LogP contribution in [-0.2, 0) is 4.74 Å². The van der Waals surface area contributed by atoms with Crippen LogP contribution >= 0.6 is 0 Å². The quantitative estimate of drug-likeness (QED) is 0.748. The molecule has 21 heavy (non-hydrogen) atoms. The summed E-state index contributed by atoms with van der Waals surface area (Å²) in [5.74, 6) is -1.02. The summed E-state index contributed by atoms with van der Waals surface area (Å²) in [5, 5.41) is 14.3. The van der Waals surface area contributed by atoms with Crippen molar-refractivity contribution in [2.75, 3.05) is 44.7 Å². The fraction of sp³-hybridized carbons (Fsp3) is 0.429. The van der Waals surface area contributed by atoms with Gasteiger partial charge in [-0.3, -0.25) is 4.90 Å². The van der Waals surface area contributed by atoms with Gasteiger partial charge in [-0.1, -0.05) is 6.07 Å². The van der Waals surface area contributed by atoms with Gasteiger partial charge < -0.3 is 20.5 Å². The first-order valence-electron chi connectivity index (χ1n) is 6.83. The van der Waals surface area contributed by atoms with E-state index in [0.29, 0.717) is 12.2 Å². The number of carboxylic acid groups (broad SMARTS) is 1. The van der Waals surface area contributed by atoms with E-state index >= 15 is 0 Å². The molecule has 1 aliphatic rings. The number of anilines is 1. The maximum absolute atomic E-state index is 11.7. The molecule has 0 radical (unpaired) electrons. The van der Waals surface area contributed by atoms with E-state index in [4.69, 9.17) is 9.84 Å². The number of carbonyl (C=O) groups is 2. The van der Waals surface area contributed by atoms with Gasteiger partial charge in [0.05, 0.1) is 18.8 Å². The smallest absolute Gasteiger partial charge is 0.335 e. The molecule has 0 aromatic heterocycles. The van der Waals surface area contributed by atoms with Crippen molar-refractivity contribution in [2.45, 2.75) is 0 Å². The van der Waals surface area contributed by atoms with Gasteiger partial charge in [0.25, 0.3) is 0 Å². The summed E-state index contributed by atoms with van der Waals surface area (Å²) < 4.78 is 5.25. The summed E-state index contributed by atoms with van der Waals surface area (Å²) in [5.41, 5.74) is 0.597. The average Bonchev–Trinajstić information content (AvgIpc) is 2.48. The topological polar surface area (TPSA) is 90.9 Å². The number of ether oxygens (including phenoxy) is 1. The van der Waals surface area contributed by atoms with E-state index in [2.05, 4.69) is 15.5 Å². The molecular weight excluding hydrogens is 274 g/mol. The number of urea groups is 1. The van der Waals surface area contributed by atoms with Gasteiger partial charge in [0.2, 0.25) is 0 Å². The summed E-state index contributed by atoms with van der Waals surface area (Å²) in [6.45, 7) is 4.52. The maximum atomic E-state index is 11.7. The minimum absolute atomic E-state index is 0.140. The highest BCUT2D eigenvalue weighted by Gasteiger charge is 2.10. The number of hydrogen-bond acceptors (Lipinski definition) is 4. The van der Waals surface area contributed by atoms with E-state index in [0.717, 1.165) is 32.8 Å². The third kappa shape index (κ3) is 5.05. The Morgan fingerprint density at radius 3 is 2.76 bits per heavy atom. The van der Waals surface area contributed by atoms with E-state index in [-0.39, 0.29) is 11.6 Å². The molecule has 7 heteroatoms. The molecule has 0 aliphatic carbocycles. The number of morpholine rings is 1. The van der Waals surface area contributed by atoms with Crippen LogP contribution in [0.3, 0.4) is 0 Å². The zero-order chi connectivity index (χ0) is 15.1. The van der Waals surface area contributed by atoms with E-state index < -0.39 is 5.97 Å². The fourth-order valence-electron chi connectivity index (χ4n) is 2.06. The molecule has 114 valence electrons. The molecule has 0 unspecified atom stereocenters. The average molecular weight is 293 g/mol. The molecule has 0 atom stereocenters. The Morgan fingerprint density at radius 1 is 1.29 bits per heavy atom. The zero-order valence-corrected chi connectivity index (χ0v) is 11.7. The molecule has 2 rings (SSSR count). The number of amides is 2. The van der Waals surface area contributed by atoms with Crippen LogP contribution in [0.15, 0.2) is 24.3 Å². The second kappa shape index (κ2) is 7.61. The highest BCUT2D eigenvalue weighted by molar-refractivity contribution is 5.93. The van der Waals surface area contributed by atoms with Gasteiger partial charge in [-0.15, -0.1) is 0 Å². The number of carbonyl (C=O) groups excluding carboxylic acids is 1. The Kier molecular flexibility index (Phi) is 5.53. The molecule has 7 nitrogen and oxygen atoms in total. The van der Waals surface area contributed by atoms with Gasteiger partial charge in [-0.25, -0.2) is 9.59 Å². The normalized spacial score (nSPS) is 15.4. The van der Waals surface area contributed by atoms with Crippen LogP contribution < -0.4 is 10.6 Å². The highest BCUT2D eigenvalue weighted by Crippen LogP contribution is 2.10. The lowest BCUT2D eigenvalue weighted by Gasteiger charge is -2.26. The van der Waals surface area contributed by atoms with Gasteiger partial charge in [0, 0.05) is 31.9 Å². The lowest BCUT2D eigenvalue weighted by atomic mass is 10.2. The van der Waals surface area contributed by atoms with Crippen LogP contribution in [0.4, 0.5) is 10.5 Å². The Hall–Kier alpha value is -2.12. The summed E-state index contributed by atoms with van der Waals surface area (Å²) in [6, 6.07) is 5.79. The van der Waals surface area contributed by atoms with Gasteiger partial charge >= 0.3 is 12.0 Å². The lowest BCUT2D eigenvalue weighted by Crippen LogP contribution is -2.42. The standard InChI is InChI=1S/C14H19N3O4/c18-13(19)11-2-1-3-12(10-11)16-14(20)15-4-5-17-6-8-21-9-7-17/h1-3,10H,4-9H2,(H,18,19)(H2,15,16,20). The predicted molar refractivity (Wildman–Crippen MR) is 77.7 cm³/mol. The zero-order valence-electron chi connectivity index (χ0n) is 11.7. The molecule has 1 heterocycles. The van der Waals surface area contributed by atoms with Gasteiger partial charge in [-0.2, -0.15) is 0 Å². The van der Waals surface area contributed by atoms with Crippen LogP contribution in [0.2, 0.25) is 0 Å². The van der Waals surface area contributed by atoms with E-state index in [1.54, 1.807) is 12.1 Å². The van der Waals surface area contributed by atoms with Crippen LogP contribution in [0, 0.1) is 0 Å². The third-order valence-electron chi connectivity index (χ3n) is 3.18. The maximum Gasteiger partial charge on any atom is 0.335 e. The van der Waals surface area contributed by atoms with Gasteiger partial charge in [-0.05, 0) is 18.2 Å². The van der Waals surface area contributed by atoms with Crippen LogP contribution in [0.5, 0.6) is 0 Å². The summed E-state index contributed by atoms with van der Waals surface area (Å²) in [4.78, 5) is 24.8. The van der Waals surface area contributed by atoms with Crippen molar-refractivity contribution in [1.82, 2.24) is 10.2 Å². The van der Waals surface area contributed by atoms with E-state index in [9.17, 15) is 9.59 Å². The lowest BCUT2D eigenvalue weighted by molar-refractivity contribution is 0.0388. The van der Waals surface area contributed by atoms with Crippen LogP contribution in [0.1, 0.15) is 10.4 Å². The second-order valence-electron chi connectivity index (χ2n) is 4.72. The minimum Gasteiger partial charge on any atom is -0.478 e. The van der Waals surface area contributed by atoms with Crippen molar-refractivity contribution in [1.29, 1.82) is 0 Å². The van der Waals surface area contributed by atoms with Crippen molar-refractivity contribution in [2.24, 2.45) is 0 Å². The summed E-state index contributed by atoms with van der Waals surface area (Å²) in [7, 11) is 0. The fourth-order valence-corrected chi connectivity index (χ4v) is 2.06. The molecule has 1 aliphatic heterocycles. The Morgan fingerprint density at radius 2 is 2.05 bits per heavy atom. The summed E-state index contributed by atoms with van der Waals surface area (Å²) in [6.07, 6.45) is 0. The number of aromatic carboxylic acids is 1. The first kappa shape index (κ1) is 15.3. The molecule has 1 aromatic carbocycles. The molecule has 3 N–H and O–H groups in total. The predicted octanol–water partition coefficient (Wildman–Crippen LogP) is 0.839. The Bertz CT molecular complexity index is 501.